The molecule has 0 heterocycles. The second-order valence-electron chi connectivity index (χ2n) is 3.64. The minimum Gasteiger partial charge on any atom is -0.321 e. The van der Waals surface area contributed by atoms with Crippen molar-refractivity contribution in [3.05, 3.63) is 35.6 Å². The average molecular weight is 183 g/mol. The van der Waals surface area contributed by atoms with Gasteiger partial charge < -0.3 is 5.73 Å². The van der Waals surface area contributed by atoms with Crippen LogP contribution in [0.5, 0.6) is 0 Å². The van der Waals surface area contributed by atoms with Gasteiger partial charge in [0, 0.05) is 23.9 Å². The largest absolute Gasteiger partial charge is 0.321 e. The van der Waals surface area contributed by atoms with Gasteiger partial charge >= 0.3 is 0 Å². The van der Waals surface area contributed by atoms with E-state index in [0.29, 0.717) is 5.56 Å². The predicted octanol–water partition coefficient (Wildman–Crippen LogP) is 2.11. The van der Waals surface area contributed by atoms with Crippen molar-refractivity contribution in [2.45, 2.75) is 24.6 Å². The maximum absolute atomic E-state index is 13.2. The van der Waals surface area contributed by atoms with Crippen molar-refractivity contribution >= 4 is 0 Å². The summed E-state index contributed by atoms with van der Waals surface area (Å²) < 4.78 is 25.9. The summed E-state index contributed by atoms with van der Waals surface area (Å²) in [6, 6.07) is 6.31. The molecule has 0 unspecified atom stereocenters. The van der Waals surface area contributed by atoms with E-state index in [4.69, 9.17) is 5.73 Å². The fourth-order valence-electron chi connectivity index (χ4n) is 1.82. The number of hydrogen-bond donors (Lipinski definition) is 1. The van der Waals surface area contributed by atoms with E-state index in [1.807, 2.05) is 0 Å². The highest BCUT2D eigenvalue weighted by Crippen LogP contribution is 2.41. The van der Waals surface area contributed by atoms with Crippen LogP contribution in [-0.4, -0.2) is 6.17 Å². The number of alkyl halides is 1. The van der Waals surface area contributed by atoms with Crippen molar-refractivity contribution in [2.75, 3.05) is 0 Å². The van der Waals surface area contributed by atoms with Gasteiger partial charge in [-0.3, -0.25) is 0 Å². The van der Waals surface area contributed by atoms with Crippen molar-refractivity contribution in [3.8, 4) is 0 Å². The third-order valence-electron chi connectivity index (χ3n) is 2.58. The summed E-state index contributed by atoms with van der Waals surface area (Å²) in [7, 11) is 0. The van der Waals surface area contributed by atoms with E-state index < -0.39 is 11.7 Å². The van der Waals surface area contributed by atoms with E-state index >= 15 is 0 Å². The highest BCUT2D eigenvalue weighted by Gasteiger charge is 2.43. The molecule has 70 valence electrons. The number of halogens is 2. The smallest absolute Gasteiger partial charge is 0.128 e. The quantitative estimate of drug-likeness (QED) is 0.709. The molecule has 0 aromatic heterocycles. The lowest BCUT2D eigenvalue weighted by Crippen LogP contribution is -2.50. The van der Waals surface area contributed by atoms with Gasteiger partial charge in [-0.1, -0.05) is 18.2 Å². The molecule has 1 nitrogen and oxygen atoms in total. The van der Waals surface area contributed by atoms with Crippen molar-refractivity contribution in [2.24, 2.45) is 5.73 Å². The Morgan fingerprint density at radius 2 is 1.92 bits per heavy atom. The van der Waals surface area contributed by atoms with Crippen LogP contribution in [0.25, 0.3) is 0 Å². The minimum absolute atomic E-state index is 0.230. The van der Waals surface area contributed by atoms with Gasteiger partial charge in [0.1, 0.15) is 12.0 Å². The molecule has 0 aliphatic heterocycles. The van der Waals surface area contributed by atoms with Gasteiger partial charge in [-0.2, -0.15) is 0 Å². The molecular formula is C10H11F2N. The summed E-state index contributed by atoms with van der Waals surface area (Å²) in [6.45, 7) is 0. The fraction of sp³-hybridized carbons (Fsp3) is 0.400. The van der Waals surface area contributed by atoms with Crippen molar-refractivity contribution in [1.29, 1.82) is 0 Å². The molecule has 0 spiro atoms. The van der Waals surface area contributed by atoms with Crippen LogP contribution < -0.4 is 5.73 Å². The molecule has 0 bridgehead atoms. The first kappa shape index (κ1) is 8.63. The van der Waals surface area contributed by atoms with E-state index in [-0.39, 0.29) is 18.7 Å². The molecule has 1 aliphatic carbocycles. The lowest BCUT2D eigenvalue weighted by atomic mass is 9.71. The Hall–Kier alpha value is -0.960. The molecule has 0 amide bonds. The maximum atomic E-state index is 13.2. The van der Waals surface area contributed by atoms with Gasteiger partial charge in [0.25, 0.3) is 0 Å². The summed E-state index contributed by atoms with van der Waals surface area (Å²) >= 11 is 0. The first-order valence-corrected chi connectivity index (χ1v) is 4.30. The van der Waals surface area contributed by atoms with Crippen molar-refractivity contribution < 1.29 is 8.78 Å². The second kappa shape index (κ2) is 2.77. The van der Waals surface area contributed by atoms with Crippen molar-refractivity contribution in [3.63, 3.8) is 0 Å². The molecule has 1 saturated carbocycles. The second-order valence-corrected chi connectivity index (χ2v) is 3.64. The van der Waals surface area contributed by atoms with Gasteiger partial charge in [0.2, 0.25) is 0 Å². The number of hydrogen-bond acceptors (Lipinski definition) is 1. The average Bonchev–Trinajstić information content (AvgIpc) is 2.02. The van der Waals surface area contributed by atoms with Crippen LogP contribution in [0.2, 0.25) is 0 Å². The zero-order valence-corrected chi connectivity index (χ0v) is 7.13. The maximum Gasteiger partial charge on any atom is 0.128 e. The summed E-state index contributed by atoms with van der Waals surface area (Å²) in [5.41, 5.74) is 5.50. The Morgan fingerprint density at radius 1 is 1.31 bits per heavy atom. The first-order chi connectivity index (χ1) is 6.12. The lowest BCUT2D eigenvalue weighted by molar-refractivity contribution is 0.0956. The van der Waals surface area contributed by atoms with Crippen LogP contribution in [0.1, 0.15) is 18.4 Å². The molecule has 3 heteroatoms. The Morgan fingerprint density at radius 3 is 2.46 bits per heavy atom. The lowest BCUT2D eigenvalue weighted by Gasteiger charge is -2.41. The molecule has 0 atom stereocenters. The monoisotopic (exact) mass is 183 g/mol. The van der Waals surface area contributed by atoms with E-state index in [1.54, 1.807) is 18.2 Å². The standard InChI is InChI=1S/C10H11F2N/c11-7-5-10(13,6-7)8-3-1-2-4-9(8)12/h1-4,7H,5-6,13H2. The van der Waals surface area contributed by atoms with Crippen LogP contribution in [-0.2, 0) is 5.54 Å². The summed E-state index contributed by atoms with van der Waals surface area (Å²) in [4.78, 5) is 0. The molecule has 2 N–H and O–H groups in total. The van der Waals surface area contributed by atoms with E-state index in [0.717, 1.165) is 0 Å². The van der Waals surface area contributed by atoms with Gasteiger partial charge in [-0.25, -0.2) is 8.78 Å². The zero-order valence-electron chi connectivity index (χ0n) is 7.13. The molecular weight excluding hydrogens is 172 g/mol. The van der Waals surface area contributed by atoms with E-state index in [1.165, 1.54) is 6.07 Å². The van der Waals surface area contributed by atoms with Crippen LogP contribution in [0.4, 0.5) is 8.78 Å². The van der Waals surface area contributed by atoms with Crippen LogP contribution in [0.3, 0.4) is 0 Å². The van der Waals surface area contributed by atoms with Crippen molar-refractivity contribution in [1.82, 2.24) is 0 Å². The third-order valence-corrected chi connectivity index (χ3v) is 2.58. The van der Waals surface area contributed by atoms with Gasteiger partial charge in [0.05, 0.1) is 0 Å². The van der Waals surface area contributed by atoms with Gasteiger partial charge in [-0.05, 0) is 6.07 Å². The zero-order chi connectivity index (χ0) is 9.47. The number of nitrogens with two attached hydrogens (primary N) is 1. The highest BCUT2D eigenvalue weighted by atomic mass is 19.1. The fourth-order valence-corrected chi connectivity index (χ4v) is 1.82. The van der Waals surface area contributed by atoms with E-state index in [9.17, 15) is 8.78 Å². The number of rotatable bonds is 1. The SMILES string of the molecule is NC1(c2ccccc2F)CC(F)C1. The number of benzene rings is 1. The molecule has 1 aromatic rings. The van der Waals surface area contributed by atoms with Crippen LogP contribution in [0, 0.1) is 5.82 Å². The molecule has 1 fully saturated rings. The predicted molar refractivity (Wildman–Crippen MR) is 46.4 cm³/mol. The normalized spacial score (nSPS) is 32.7. The molecule has 1 aromatic carbocycles. The molecule has 13 heavy (non-hydrogen) atoms. The summed E-state index contributed by atoms with van der Waals surface area (Å²) in [6.07, 6.45) is -0.411. The van der Waals surface area contributed by atoms with Gasteiger partial charge in [0.15, 0.2) is 0 Å². The Bertz CT molecular complexity index is 318. The minimum atomic E-state index is -0.871. The Labute approximate surface area is 75.6 Å². The molecule has 0 radical (unpaired) electrons. The summed E-state index contributed by atoms with van der Waals surface area (Å²) in [5.74, 6) is -0.336. The summed E-state index contributed by atoms with van der Waals surface area (Å²) in [5, 5.41) is 0. The van der Waals surface area contributed by atoms with Crippen LogP contribution >= 0.6 is 0 Å². The van der Waals surface area contributed by atoms with E-state index in [2.05, 4.69) is 0 Å². The van der Waals surface area contributed by atoms with Crippen LogP contribution in [0.15, 0.2) is 24.3 Å². The van der Waals surface area contributed by atoms with Gasteiger partial charge in [-0.15, -0.1) is 0 Å². The molecule has 2 rings (SSSR count). The topological polar surface area (TPSA) is 26.0 Å². The molecule has 0 saturated heterocycles. The Balaban J connectivity index is 2.31. The molecule has 1 aliphatic rings. The first-order valence-electron chi connectivity index (χ1n) is 4.30. The highest BCUT2D eigenvalue weighted by molar-refractivity contribution is 5.29. The Kier molecular flexibility index (Phi) is 1.84. The third kappa shape index (κ3) is 1.33.